The summed E-state index contributed by atoms with van der Waals surface area (Å²) in [5, 5.41) is 8.61. The van der Waals surface area contributed by atoms with Crippen molar-refractivity contribution in [3.05, 3.63) is 30.2 Å². The molecule has 2 atom stereocenters. The topological polar surface area (TPSA) is 76.3 Å². The lowest BCUT2D eigenvalue weighted by molar-refractivity contribution is -0.143. The molecule has 2 fully saturated rings. The van der Waals surface area contributed by atoms with Crippen LogP contribution >= 0.6 is 0 Å². The van der Waals surface area contributed by atoms with Crippen LogP contribution in [0.2, 0.25) is 0 Å². The van der Waals surface area contributed by atoms with Gasteiger partial charge in [0, 0.05) is 52.1 Å². The molecule has 3 heterocycles. The van der Waals surface area contributed by atoms with Crippen LogP contribution in [0.15, 0.2) is 24.5 Å². The monoisotopic (exact) mass is 356 g/mol. The Kier molecular flexibility index (Phi) is 4.05. The van der Waals surface area contributed by atoms with Gasteiger partial charge in [0.05, 0.1) is 17.7 Å². The van der Waals surface area contributed by atoms with Gasteiger partial charge in [-0.25, -0.2) is 0 Å². The van der Waals surface area contributed by atoms with Gasteiger partial charge in [0.1, 0.15) is 0 Å². The summed E-state index contributed by atoms with van der Waals surface area (Å²) >= 11 is 0. The van der Waals surface area contributed by atoms with Crippen molar-refractivity contribution in [2.75, 3.05) is 11.9 Å². The number of hydrogen-bond donors (Lipinski definition) is 0. The zero-order valence-corrected chi connectivity index (χ0v) is 15.4. The second-order valence-corrected chi connectivity index (χ2v) is 7.25. The number of carbonyl (C=O) groups is 2. The van der Waals surface area contributed by atoms with E-state index in [1.54, 1.807) is 27.5 Å². The Morgan fingerprint density at radius 1 is 1.23 bits per heavy atom. The summed E-state index contributed by atoms with van der Waals surface area (Å²) < 4.78 is 3.46. The zero-order chi connectivity index (χ0) is 18.4. The molecule has 1 saturated heterocycles. The lowest BCUT2D eigenvalue weighted by atomic mass is 9.85. The van der Waals surface area contributed by atoms with E-state index in [4.69, 9.17) is 0 Å². The average Bonchev–Trinajstić information content (AvgIpc) is 3.22. The first-order chi connectivity index (χ1) is 12.5. The SMILES string of the molecule is CN(C(=O)[C@H]1CCC(=O)N(C2CC2)[C@@H]1c1ccnn1C)c1ccn(C)n1. The van der Waals surface area contributed by atoms with Gasteiger partial charge in [-0.15, -0.1) is 0 Å². The number of nitrogens with zero attached hydrogens (tertiary/aromatic N) is 6. The highest BCUT2D eigenvalue weighted by Gasteiger charge is 2.48. The molecule has 26 heavy (non-hydrogen) atoms. The Balaban J connectivity index is 1.69. The van der Waals surface area contributed by atoms with Crippen molar-refractivity contribution in [2.24, 2.45) is 20.0 Å². The normalized spacial score (nSPS) is 23.3. The summed E-state index contributed by atoms with van der Waals surface area (Å²) in [6.07, 6.45) is 6.53. The standard InChI is InChI=1S/C18H24N6O2/c1-21-11-9-15(20-21)22(2)18(26)13-6-7-16(25)24(12-4-5-12)17(13)14-8-10-19-23(14)3/h8-13,17H,4-7H2,1-3H3/t13-,17-/m0/s1. The number of rotatable bonds is 4. The lowest BCUT2D eigenvalue weighted by Gasteiger charge is -2.41. The van der Waals surface area contributed by atoms with Crippen molar-refractivity contribution in [3.63, 3.8) is 0 Å². The minimum absolute atomic E-state index is 0.00644. The first-order valence-corrected chi connectivity index (χ1v) is 9.03. The summed E-state index contributed by atoms with van der Waals surface area (Å²) in [4.78, 5) is 29.5. The van der Waals surface area contributed by atoms with Crippen molar-refractivity contribution in [1.29, 1.82) is 0 Å². The molecule has 0 spiro atoms. The fourth-order valence-corrected chi connectivity index (χ4v) is 3.92. The molecule has 0 aromatic carbocycles. The Labute approximate surface area is 152 Å². The molecular weight excluding hydrogens is 332 g/mol. The van der Waals surface area contributed by atoms with E-state index in [2.05, 4.69) is 10.2 Å². The third-order valence-corrected chi connectivity index (χ3v) is 5.43. The fraction of sp³-hybridized carbons (Fsp3) is 0.556. The summed E-state index contributed by atoms with van der Waals surface area (Å²) in [6.45, 7) is 0. The first-order valence-electron chi connectivity index (χ1n) is 9.03. The number of amides is 2. The number of aromatic nitrogens is 4. The highest BCUT2D eigenvalue weighted by molar-refractivity contribution is 5.95. The number of anilines is 1. The second-order valence-electron chi connectivity index (χ2n) is 7.25. The molecule has 1 aliphatic heterocycles. The van der Waals surface area contributed by atoms with Crippen LogP contribution in [0.1, 0.15) is 37.4 Å². The largest absolute Gasteiger partial charge is 0.330 e. The van der Waals surface area contributed by atoms with Gasteiger partial charge in [0.25, 0.3) is 0 Å². The van der Waals surface area contributed by atoms with Gasteiger partial charge in [-0.2, -0.15) is 10.2 Å². The van der Waals surface area contributed by atoms with E-state index in [1.165, 1.54) is 0 Å². The Bertz CT molecular complexity index is 836. The molecule has 2 amide bonds. The molecule has 0 unspecified atom stereocenters. The van der Waals surface area contributed by atoms with Gasteiger partial charge in [-0.05, 0) is 25.3 Å². The zero-order valence-electron chi connectivity index (χ0n) is 15.4. The maximum atomic E-state index is 13.3. The molecule has 2 aromatic rings. The van der Waals surface area contributed by atoms with E-state index in [-0.39, 0.29) is 29.8 Å². The van der Waals surface area contributed by atoms with E-state index in [9.17, 15) is 9.59 Å². The van der Waals surface area contributed by atoms with E-state index < -0.39 is 0 Å². The van der Waals surface area contributed by atoms with Crippen LogP contribution in [0, 0.1) is 5.92 Å². The smallest absolute Gasteiger partial charge is 0.233 e. The van der Waals surface area contributed by atoms with Gasteiger partial charge in [0.2, 0.25) is 11.8 Å². The van der Waals surface area contributed by atoms with E-state index in [1.807, 2.05) is 37.3 Å². The molecular formula is C18H24N6O2. The third-order valence-electron chi connectivity index (χ3n) is 5.43. The highest BCUT2D eigenvalue weighted by Crippen LogP contribution is 2.44. The van der Waals surface area contributed by atoms with Gasteiger partial charge in [-0.1, -0.05) is 0 Å². The van der Waals surface area contributed by atoms with Crippen molar-refractivity contribution in [1.82, 2.24) is 24.5 Å². The molecule has 138 valence electrons. The second kappa shape index (κ2) is 6.26. The summed E-state index contributed by atoms with van der Waals surface area (Å²) in [5.74, 6) is 0.461. The molecule has 1 aliphatic carbocycles. The van der Waals surface area contributed by atoms with Crippen molar-refractivity contribution < 1.29 is 9.59 Å². The van der Waals surface area contributed by atoms with Crippen LogP contribution < -0.4 is 4.90 Å². The van der Waals surface area contributed by atoms with E-state index in [0.29, 0.717) is 18.7 Å². The number of hydrogen-bond acceptors (Lipinski definition) is 4. The molecule has 4 rings (SSSR count). The maximum absolute atomic E-state index is 13.3. The Hall–Kier alpha value is -2.64. The third kappa shape index (κ3) is 2.79. The van der Waals surface area contributed by atoms with Crippen LogP contribution in [0.4, 0.5) is 5.82 Å². The molecule has 0 radical (unpaired) electrons. The van der Waals surface area contributed by atoms with E-state index >= 15 is 0 Å². The number of piperidine rings is 1. The predicted octanol–water partition coefficient (Wildman–Crippen LogP) is 1.26. The van der Waals surface area contributed by atoms with Gasteiger partial charge in [-0.3, -0.25) is 23.9 Å². The van der Waals surface area contributed by atoms with E-state index in [0.717, 1.165) is 18.5 Å². The van der Waals surface area contributed by atoms with Crippen molar-refractivity contribution in [2.45, 2.75) is 37.8 Å². The molecule has 1 saturated carbocycles. The highest BCUT2D eigenvalue weighted by atomic mass is 16.2. The number of likely N-dealkylation sites (tertiary alicyclic amines) is 1. The summed E-state index contributed by atoms with van der Waals surface area (Å²) in [5.41, 5.74) is 0.915. The number of carbonyl (C=O) groups excluding carboxylic acids is 2. The predicted molar refractivity (Wildman–Crippen MR) is 95.2 cm³/mol. The molecule has 2 aliphatic rings. The van der Waals surface area contributed by atoms with Crippen LogP contribution in [-0.2, 0) is 23.7 Å². The molecule has 2 aromatic heterocycles. The maximum Gasteiger partial charge on any atom is 0.233 e. The molecule has 8 nitrogen and oxygen atoms in total. The molecule has 0 N–H and O–H groups in total. The van der Waals surface area contributed by atoms with Crippen molar-refractivity contribution in [3.8, 4) is 0 Å². The number of aryl methyl sites for hydroxylation is 2. The van der Waals surface area contributed by atoms with Crippen molar-refractivity contribution >= 4 is 17.6 Å². The molecule has 0 bridgehead atoms. The molecule has 8 heteroatoms. The fourth-order valence-electron chi connectivity index (χ4n) is 3.92. The minimum Gasteiger partial charge on any atom is -0.330 e. The quantitative estimate of drug-likeness (QED) is 0.826. The summed E-state index contributed by atoms with van der Waals surface area (Å²) in [7, 11) is 5.45. The summed E-state index contributed by atoms with van der Waals surface area (Å²) in [6, 6.07) is 3.72. The van der Waals surface area contributed by atoms with Gasteiger partial charge in [0.15, 0.2) is 5.82 Å². The van der Waals surface area contributed by atoms with Crippen LogP contribution in [0.5, 0.6) is 0 Å². The lowest BCUT2D eigenvalue weighted by Crippen LogP contribution is -2.50. The van der Waals surface area contributed by atoms with Gasteiger partial charge < -0.3 is 4.90 Å². The Morgan fingerprint density at radius 3 is 2.58 bits per heavy atom. The average molecular weight is 356 g/mol. The Morgan fingerprint density at radius 2 is 2.00 bits per heavy atom. The first kappa shape index (κ1) is 16.8. The van der Waals surface area contributed by atoms with Gasteiger partial charge >= 0.3 is 0 Å². The van der Waals surface area contributed by atoms with Crippen LogP contribution in [-0.4, -0.2) is 49.4 Å². The van der Waals surface area contributed by atoms with Crippen LogP contribution in [0.3, 0.4) is 0 Å². The van der Waals surface area contributed by atoms with Crippen LogP contribution in [0.25, 0.3) is 0 Å². The minimum atomic E-state index is -0.296.